The molecule has 1 aromatic rings. The summed E-state index contributed by atoms with van der Waals surface area (Å²) in [5.74, 6) is 0. The van der Waals surface area contributed by atoms with Crippen LogP contribution in [0.5, 0.6) is 5.19 Å². The van der Waals surface area contributed by atoms with Crippen LogP contribution in [0.1, 0.15) is 31.7 Å². The van der Waals surface area contributed by atoms with Gasteiger partial charge in [0.1, 0.15) is 10.8 Å². The second-order valence-electron chi connectivity index (χ2n) is 5.73. The lowest BCUT2D eigenvalue weighted by molar-refractivity contribution is 0.0122. The molecule has 2 heterocycles. The zero-order valence-electron chi connectivity index (χ0n) is 12.6. The highest BCUT2D eigenvalue weighted by atomic mass is 35.5. The average Bonchev–Trinajstić information content (AvgIpc) is 2.78. The van der Waals surface area contributed by atoms with Crippen LogP contribution in [-0.2, 0) is 4.74 Å². The summed E-state index contributed by atoms with van der Waals surface area (Å²) in [5.41, 5.74) is -0.526. The molecular formula is C13H20ClN3O3S. The van der Waals surface area contributed by atoms with Crippen LogP contribution in [-0.4, -0.2) is 48.3 Å². The Bertz CT molecular complexity index is 515. The van der Waals surface area contributed by atoms with Crippen molar-refractivity contribution < 1.29 is 14.3 Å². The SMILES string of the molecule is COc1nc(Cl)c(C2CNCCN2C(=O)OC(C)(C)C)s1. The molecule has 21 heavy (non-hydrogen) atoms. The predicted molar refractivity (Wildman–Crippen MR) is 82.2 cm³/mol. The van der Waals surface area contributed by atoms with E-state index in [1.807, 2.05) is 20.8 Å². The molecule has 1 unspecified atom stereocenters. The van der Waals surface area contributed by atoms with E-state index in [1.165, 1.54) is 11.3 Å². The van der Waals surface area contributed by atoms with Crippen molar-refractivity contribution in [2.75, 3.05) is 26.7 Å². The highest BCUT2D eigenvalue weighted by Crippen LogP contribution is 2.37. The number of thiazole rings is 1. The maximum atomic E-state index is 12.4. The Morgan fingerprint density at radius 3 is 2.81 bits per heavy atom. The predicted octanol–water partition coefficient (Wildman–Crippen LogP) is 2.69. The monoisotopic (exact) mass is 333 g/mol. The fraction of sp³-hybridized carbons (Fsp3) is 0.692. The first-order valence-electron chi connectivity index (χ1n) is 6.72. The van der Waals surface area contributed by atoms with Crippen LogP contribution in [0.25, 0.3) is 0 Å². The summed E-state index contributed by atoms with van der Waals surface area (Å²) < 4.78 is 10.6. The third-order valence-corrected chi connectivity index (χ3v) is 4.46. The molecule has 0 radical (unpaired) electrons. The largest absolute Gasteiger partial charge is 0.473 e. The van der Waals surface area contributed by atoms with Gasteiger partial charge in [-0.25, -0.2) is 4.79 Å². The van der Waals surface area contributed by atoms with Gasteiger partial charge in [-0.2, -0.15) is 4.98 Å². The summed E-state index contributed by atoms with van der Waals surface area (Å²) in [4.78, 5) is 19.0. The number of carbonyl (C=O) groups excluding carboxylic acids is 1. The normalized spacial score (nSPS) is 19.5. The third kappa shape index (κ3) is 3.99. The second kappa shape index (κ2) is 6.37. The first-order chi connectivity index (χ1) is 9.81. The van der Waals surface area contributed by atoms with Crippen molar-refractivity contribution >= 4 is 29.0 Å². The van der Waals surface area contributed by atoms with Crippen LogP contribution >= 0.6 is 22.9 Å². The van der Waals surface area contributed by atoms with Gasteiger partial charge in [-0.15, -0.1) is 0 Å². The van der Waals surface area contributed by atoms with Crippen LogP contribution < -0.4 is 10.1 Å². The molecule has 0 spiro atoms. The molecule has 1 fully saturated rings. The summed E-state index contributed by atoms with van der Waals surface area (Å²) in [6, 6.07) is -0.192. The Hall–Kier alpha value is -1.05. The highest BCUT2D eigenvalue weighted by Gasteiger charge is 2.34. The van der Waals surface area contributed by atoms with E-state index in [-0.39, 0.29) is 12.1 Å². The summed E-state index contributed by atoms with van der Waals surface area (Å²) in [6.07, 6.45) is -0.336. The summed E-state index contributed by atoms with van der Waals surface area (Å²) >= 11 is 7.52. The van der Waals surface area contributed by atoms with Gasteiger partial charge in [0.15, 0.2) is 0 Å². The number of carbonyl (C=O) groups is 1. The van der Waals surface area contributed by atoms with E-state index in [1.54, 1.807) is 12.0 Å². The molecule has 118 valence electrons. The minimum absolute atomic E-state index is 0.192. The number of ether oxygens (including phenoxy) is 2. The van der Waals surface area contributed by atoms with Gasteiger partial charge >= 0.3 is 6.09 Å². The molecule has 0 saturated carbocycles. The second-order valence-corrected chi connectivity index (χ2v) is 7.08. The molecule has 0 bridgehead atoms. The first kappa shape index (κ1) is 16.3. The van der Waals surface area contributed by atoms with Crippen molar-refractivity contribution in [1.29, 1.82) is 0 Å². The van der Waals surface area contributed by atoms with E-state index in [2.05, 4.69) is 10.3 Å². The zero-order chi connectivity index (χ0) is 15.6. The lowest BCUT2D eigenvalue weighted by Gasteiger charge is -2.36. The molecule has 1 atom stereocenters. The summed E-state index contributed by atoms with van der Waals surface area (Å²) in [7, 11) is 1.55. The van der Waals surface area contributed by atoms with Gasteiger partial charge in [-0.3, -0.25) is 4.90 Å². The van der Waals surface area contributed by atoms with E-state index < -0.39 is 5.60 Å². The molecule has 8 heteroatoms. The number of aromatic nitrogens is 1. The molecule has 1 aliphatic heterocycles. The molecule has 1 aliphatic rings. The van der Waals surface area contributed by atoms with Crippen molar-refractivity contribution in [3.8, 4) is 5.19 Å². The molecule has 6 nitrogen and oxygen atoms in total. The van der Waals surface area contributed by atoms with Gasteiger partial charge in [-0.05, 0) is 20.8 Å². The van der Waals surface area contributed by atoms with Crippen molar-refractivity contribution in [3.63, 3.8) is 0 Å². The Morgan fingerprint density at radius 2 is 2.24 bits per heavy atom. The zero-order valence-corrected chi connectivity index (χ0v) is 14.2. The number of amides is 1. The third-order valence-electron chi connectivity index (χ3n) is 2.94. The number of rotatable bonds is 2. The smallest absolute Gasteiger partial charge is 0.410 e. The van der Waals surface area contributed by atoms with Crippen molar-refractivity contribution in [2.45, 2.75) is 32.4 Å². The Balaban J connectivity index is 2.22. The molecule has 1 amide bonds. The van der Waals surface area contributed by atoms with Gasteiger partial charge in [0.25, 0.3) is 5.19 Å². The molecule has 1 aromatic heterocycles. The van der Waals surface area contributed by atoms with E-state index in [9.17, 15) is 4.79 Å². The summed E-state index contributed by atoms with van der Waals surface area (Å²) in [6.45, 7) is 7.46. The first-order valence-corrected chi connectivity index (χ1v) is 7.92. The molecule has 2 rings (SSSR count). The maximum absolute atomic E-state index is 12.4. The lowest BCUT2D eigenvalue weighted by Crippen LogP contribution is -2.50. The van der Waals surface area contributed by atoms with Crippen LogP contribution in [0.3, 0.4) is 0 Å². The van der Waals surface area contributed by atoms with Crippen molar-refractivity contribution in [2.24, 2.45) is 0 Å². The van der Waals surface area contributed by atoms with Gasteiger partial charge in [-0.1, -0.05) is 22.9 Å². The van der Waals surface area contributed by atoms with Gasteiger partial charge in [0, 0.05) is 19.6 Å². The van der Waals surface area contributed by atoms with E-state index in [0.717, 1.165) is 11.4 Å². The lowest BCUT2D eigenvalue weighted by atomic mass is 10.1. The molecular weight excluding hydrogens is 314 g/mol. The fourth-order valence-electron chi connectivity index (χ4n) is 2.06. The number of hydrogen-bond donors (Lipinski definition) is 1. The van der Waals surface area contributed by atoms with Crippen LogP contribution in [0.15, 0.2) is 0 Å². The minimum atomic E-state index is -0.526. The van der Waals surface area contributed by atoms with Gasteiger partial charge < -0.3 is 14.8 Å². The highest BCUT2D eigenvalue weighted by molar-refractivity contribution is 7.14. The topological polar surface area (TPSA) is 63.7 Å². The number of hydrogen-bond acceptors (Lipinski definition) is 6. The molecule has 0 aliphatic carbocycles. The van der Waals surface area contributed by atoms with E-state index in [4.69, 9.17) is 21.1 Å². The molecule has 1 saturated heterocycles. The van der Waals surface area contributed by atoms with E-state index >= 15 is 0 Å². The number of nitrogens with one attached hydrogen (secondary N) is 1. The minimum Gasteiger partial charge on any atom is -0.473 e. The van der Waals surface area contributed by atoms with E-state index in [0.29, 0.717) is 23.4 Å². The Morgan fingerprint density at radius 1 is 1.52 bits per heavy atom. The summed E-state index contributed by atoms with van der Waals surface area (Å²) in [5, 5.41) is 4.13. The van der Waals surface area contributed by atoms with Crippen molar-refractivity contribution in [1.82, 2.24) is 15.2 Å². The Kier molecular flexibility index (Phi) is 4.95. The number of nitrogens with zero attached hydrogens (tertiary/aromatic N) is 2. The standard InChI is InChI=1S/C13H20ClN3O3S/c1-13(2,3)20-12(18)17-6-5-15-7-8(17)9-10(14)16-11(19-4)21-9/h8,15H,5-7H2,1-4H3. The molecule has 0 aromatic carbocycles. The Labute approximate surface area is 133 Å². The number of methoxy groups -OCH3 is 1. The van der Waals surface area contributed by atoms with Crippen LogP contribution in [0.4, 0.5) is 4.79 Å². The number of halogens is 1. The quantitative estimate of drug-likeness (QED) is 0.901. The maximum Gasteiger partial charge on any atom is 0.410 e. The van der Waals surface area contributed by atoms with Gasteiger partial charge in [0.05, 0.1) is 18.0 Å². The molecule has 1 N–H and O–H groups in total. The fourth-order valence-corrected chi connectivity index (χ4v) is 3.32. The van der Waals surface area contributed by atoms with Crippen LogP contribution in [0, 0.1) is 0 Å². The average molecular weight is 334 g/mol. The van der Waals surface area contributed by atoms with Crippen LogP contribution in [0.2, 0.25) is 5.15 Å². The van der Waals surface area contributed by atoms with Crippen molar-refractivity contribution in [3.05, 3.63) is 10.0 Å². The van der Waals surface area contributed by atoms with Gasteiger partial charge in [0.2, 0.25) is 0 Å². The number of piperazine rings is 1.